The summed E-state index contributed by atoms with van der Waals surface area (Å²) < 4.78 is 0. The van der Waals surface area contributed by atoms with Gasteiger partial charge in [-0.25, -0.2) is 4.98 Å². The number of thiazole rings is 1. The van der Waals surface area contributed by atoms with Gasteiger partial charge in [0.2, 0.25) is 5.91 Å². The highest BCUT2D eigenvalue weighted by atomic mass is 32.1. The number of nitrogens with one attached hydrogen (secondary N) is 1. The molecular formula is C14H23N3OS. The Morgan fingerprint density at radius 1 is 1.42 bits per heavy atom. The van der Waals surface area contributed by atoms with E-state index in [0.717, 1.165) is 18.0 Å². The van der Waals surface area contributed by atoms with Crippen LogP contribution in [0.3, 0.4) is 0 Å². The third-order valence-corrected chi connectivity index (χ3v) is 4.68. The second-order valence-electron chi connectivity index (χ2n) is 6.32. The zero-order chi connectivity index (χ0) is 14.0. The van der Waals surface area contributed by atoms with Crippen LogP contribution in [0.1, 0.15) is 50.6 Å². The molecule has 0 aliphatic heterocycles. The van der Waals surface area contributed by atoms with Crippen LogP contribution >= 0.6 is 11.3 Å². The molecule has 1 heterocycles. The van der Waals surface area contributed by atoms with E-state index in [4.69, 9.17) is 5.73 Å². The van der Waals surface area contributed by atoms with Gasteiger partial charge in [-0.3, -0.25) is 4.79 Å². The van der Waals surface area contributed by atoms with Gasteiger partial charge in [0.15, 0.2) is 5.13 Å². The molecule has 0 aromatic carbocycles. The largest absolute Gasteiger partial charge is 0.327 e. The molecule has 0 bridgehead atoms. The molecule has 2 rings (SSSR count). The lowest BCUT2D eigenvalue weighted by atomic mass is 9.85. The van der Waals surface area contributed by atoms with Gasteiger partial charge in [0, 0.05) is 17.3 Å². The molecule has 0 spiro atoms. The Kier molecular flexibility index (Phi) is 4.26. The smallest absolute Gasteiger partial charge is 0.227 e. The SMILES string of the molecule is CC(C)(C)C(N)CC(=O)Nc1nc2c(s1)CCCC2. The van der Waals surface area contributed by atoms with E-state index in [1.807, 2.05) is 20.8 Å². The number of hydrogen-bond donors (Lipinski definition) is 2. The van der Waals surface area contributed by atoms with E-state index < -0.39 is 0 Å². The summed E-state index contributed by atoms with van der Waals surface area (Å²) in [4.78, 5) is 17.8. The number of rotatable bonds is 3. The van der Waals surface area contributed by atoms with E-state index in [1.165, 1.54) is 23.4 Å². The van der Waals surface area contributed by atoms with Gasteiger partial charge in [-0.15, -0.1) is 11.3 Å². The van der Waals surface area contributed by atoms with Crippen LogP contribution in [0.5, 0.6) is 0 Å². The minimum atomic E-state index is -0.137. The van der Waals surface area contributed by atoms with E-state index in [0.29, 0.717) is 6.42 Å². The average molecular weight is 281 g/mol. The Morgan fingerprint density at radius 2 is 2.11 bits per heavy atom. The number of fused-ring (bicyclic) bond motifs is 1. The van der Waals surface area contributed by atoms with Crippen LogP contribution in [0.2, 0.25) is 0 Å². The van der Waals surface area contributed by atoms with Crippen LogP contribution in [0.25, 0.3) is 0 Å². The first-order chi connectivity index (χ1) is 8.86. The molecule has 106 valence electrons. The number of aromatic nitrogens is 1. The number of nitrogens with two attached hydrogens (primary N) is 1. The van der Waals surface area contributed by atoms with Crippen molar-refractivity contribution in [1.82, 2.24) is 4.98 Å². The van der Waals surface area contributed by atoms with Crippen LogP contribution in [0.4, 0.5) is 5.13 Å². The van der Waals surface area contributed by atoms with E-state index >= 15 is 0 Å². The average Bonchev–Trinajstić information content (AvgIpc) is 2.69. The fraction of sp³-hybridized carbons (Fsp3) is 0.714. The van der Waals surface area contributed by atoms with Crippen LogP contribution in [-0.4, -0.2) is 16.9 Å². The molecule has 1 unspecified atom stereocenters. The van der Waals surface area contributed by atoms with Gasteiger partial charge >= 0.3 is 0 Å². The van der Waals surface area contributed by atoms with Crippen molar-refractivity contribution in [1.29, 1.82) is 0 Å². The number of carbonyl (C=O) groups excluding carboxylic acids is 1. The van der Waals surface area contributed by atoms with Crippen molar-refractivity contribution in [2.75, 3.05) is 5.32 Å². The summed E-state index contributed by atoms with van der Waals surface area (Å²) in [5, 5.41) is 3.62. The predicted molar refractivity (Wildman–Crippen MR) is 79.4 cm³/mol. The Morgan fingerprint density at radius 3 is 2.74 bits per heavy atom. The highest BCUT2D eigenvalue weighted by Crippen LogP contribution is 2.29. The summed E-state index contributed by atoms with van der Waals surface area (Å²) in [6, 6.07) is -0.137. The van der Waals surface area contributed by atoms with Crippen LogP contribution in [0.15, 0.2) is 0 Å². The first kappa shape index (κ1) is 14.5. The highest BCUT2D eigenvalue weighted by Gasteiger charge is 2.24. The van der Waals surface area contributed by atoms with Crippen LogP contribution < -0.4 is 11.1 Å². The topological polar surface area (TPSA) is 68.0 Å². The minimum Gasteiger partial charge on any atom is -0.327 e. The monoisotopic (exact) mass is 281 g/mol. The molecule has 5 heteroatoms. The molecule has 1 aliphatic rings. The van der Waals surface area contributed by atoms with Crippen molar-refractivity contribution < 1.29 is 4.79 Å². The van der Waals surface area contributed by atoms with Gasteiger partial charge in [0.25, 0.3) is 0 Å². The lowest BCUT2D eigenvalue weighted by Gasteiger charge is -2.26. The first-order valence-electron chi connectivity index (χ1n) is 6.90. The Hall–Kier alpha value is -0.940. The third kappa shape index (κ3) is 3.76. The van der Waals surface area contributed by atoms with Gasteiger partial charge in [0.1, 0.15) is 0 Å². The number of amides is 1. The summed E-state index contributed by atoms with van der Waals surface area (Å²) >= 11 is 1.61. The highest BCUT2D eigenvalue weighted by molar-refractivity contribution is 7.15. The maximum absolute atomic E-state index is 12.0. The zero-order valence-electron chi connectivity index (χ0n) is 12.0. The number of nitrogens with zero attached hydrogens (tertiary/aromatic N) is 1. The summed E-state index contributed by atoms with van der Waals surface area (Å²) in [7, 11) is 0. The van der Waals surface area contributed by atoms with Crippen LogP contribution in [0, 0.1) is 5.41 Å². The maximum atomic E-state index is 12.0. The van der Waals surface area contributed by atoms with E-state index in [9.17, 15) is 4.79 Å². The molecule has 1 aliphatic carbocycles. The van der Waals surface area contributed by atoms with E-state index in [-0.39, 0.29) is 17.4 Å². The molecular weight excluding hydrogens is 258 g/mol. The van der Waals surface area contributed by atoms with Gasteiger partial charge in [0.05, 0.1) is 5.69 Å². The summed E-state index contributed by atoms with van der Waals surface area (Å²) in [5.41, 5.74) is 7.14. The van der Waals surface area contributed by atoms with E-state index in [1.54, 1.807) is 11.3 Å². The number of anilines is 1. The Labute approximate surface area is 118 Å². The number of carbonyl (C=O) groups is 1. The molecule has 4 nitrogen and oxygen atoms in total. The zero-order valence-corrected chi connectivity index (χ0v) is 12.8. The number of hydrogen-bond acceptors (Lipinski definition) is 4. The molecule has 1 aromatic rings. The van der Waals surface area contributed by atoms with Gasteiger partial charge in [-0.1, -0.05) is 20.8 Å². The second-order valence-corrected chi connectivity index (χ2v) is 7.40. The molecule has 1 atom stereocenters. The standard InChI is InChI=1S/C14H23N3OS/c1-14(2,3)11(15)8-12(18)17-13-16-9-6-4-5-7-10(9)19-13/h11H,4-8,15H2,1-3H3,(H,16,17,18). The van der Waals surface area contributed by atoms with Crippen molar-refractivity contribution in [2.24, 2.45) is 11.1 Å². The van der Waals surface area contributed by atoms with Gasteiger partial charge in [-0.2, -0.15) is 0 Å². The third-order valence-electron chi connectivity index (χ3n) is 3.61. The van der Waals surface area contributed by atoms with Crippen molar-refractivity contribution in [3.05, 3.63) is 10.6 Å². The van der Waals surface area contributed by atoms with E-state index in [2.05, 4.69) is 10.3 Å². The van der Waals surface area contributed by atoms with Gasteiger partial charge in [-0.05, 0) is 31.1 Å². The fourth-order valence-corrected chi connectivity index (χ4v) is 3.15. The molecule has 1 aromatic heterocycles. The molecule has 0 fully saturated rings. The molecule has 0 saturated heterocycles. The summed E-state index contributed by atoms with van der Waals surface area (Å²) in [5.74, 6) is -0.0338. The molecule has 19 heavy (non-hydrogen) atoms. The normalized spacial score (nSPS) is 16.8. The molecule has 0 radical (unpaired) electrons. The Balaban J connectivity index is 1.94. The minimum absolute atomic E-state index is 0.0338. The Bertz CT molecular complexity index is 438. The second kappa shape index (κ2) is 5.59. The molecule has 3 N–H and O–H groups in total. The summed E-state index contributed by atoms with van der Waals surface area (Å²) in [6.07, 6.45) is 4.93. The first-order valence-corrected chi connectivity index (χ1v) is 7.72. The maximum Gasteiger partial charge on any atom is 0.227 e. The quantitative estimate of drug-likeness (QED) is 0.895. The lowest BCUT2D eigenvalue weighted by Crippen LogP contribution is -2.38. The van der Waals surface area contributed by atoms with Crippen molar-refractivity contribution >= 4 is 22.4 Å². The van der Waals surface area contributed by atoms with Gasteiger partial charge < -0.3 is 11.1 Å². The van der Waals surface area contributed by atoms with Crippen molar-refractivity contribution in [3.8, 4) is 0 Å². The van der Waals surface area contributed by atoms with Crippen molar-refractivity contribution in [2.45, 2.75) is 58.9 Å². The lowest BCUT2D eigenvalue weighted by molar-refractivity contribution is -0.117. The van der Waals surface area contributed by atoms with Crippen molar-refractivity contribution in [3.63, 3.8) is 0 Å². The van der Waals surface area contributed by atoms with Crippen LogP contribution in [-0.2, 0) is 17.6 Å². The molecule has 0 saturated carbocycles. The predicted octanol–water partition coefficient (Wildman–Crippen LogP) is 2.72. The molecule has 1 amide bonds. The fourth-order valence-electron chi connectivity index (χ4n) is 2.08. The number of aryl methyl sites for hydroxylation is 2. The summed E-state index contributed by atoms with van der Waals surface area (Å²) in [6.45, 7) is 6.15.